The highest BCUT2D eigenvalue weighted by Crippen LogP contribution is 2.37. The van der Waals surface area contributed by atoms with Gasteiger partial charge >= 0.3 is 0 Å². The lowest BCUT2D eigenvalue weighted by Gasteiger charge is -2.15. The van der Waals surface area contributed by atoms with E-state index >= 15 is 0 Å². The number of rotatable bonds is 7. The van der Waals surface area contributed by atoms with Crippen molar-refractivity contribution < 1.29 is 23.8 Å². The van der Waals surface area contributed by atoms with Crippen LogP contribution in [0, 0.1) is 13.8 Å². The van der Waals surface area contributed by atoms with Crippen LogP contribution in [0.2, 0.25) is 0 Å². The highest BCUT2D eigenvalue weighted by atomic mass is 16.7. The number of nitrogens with zero attached hydrogens (tertiary/aromatic N) is 1. The Hall–Kier alpha value is -3.32. The van der Waals surface area contributed by atoms with Crippen molar-refractivity contribution in [2.75, 3.05) is 32.4 Å². The van der Waals surface area contributed by atoms with Crippen LogP contribution in [0.4, 0.5) is 5.69 Å². The first kappa shape index (κ1) is 20.0. The van der Waals surface area contributed by atoms with E-state index in [4.69, 9.17) is 14.2 Å². The summed E-state index contributed by atoms with van der Waals surface area (Å²) in [7, 11) is 1.60. The molecule has 1 N–H and O–H groups in total. The Morgan fingerprint density at radius 2 is 1.83 bits per heavy atom. The largest absolute Gasteiger partial charge is 0.454 e. The van der Waals surface area contributed by atoms with Crippen LogP contribution in [0.25, 0.3) is 5.57 Å². The third-order valence-electron chi connectivity index (χ3n) is 5.19. The van der Waals surface area contributed by atoms with E-state index in [2.05, 4.69) is 5.32 Å². The van der Waals surface area contributed by atoms with Gasteiger partial charge in [0.05, 0.1) is 5.57 Å². The molecular formula is C23H24N2O5. The van der Waals surface area contributed by atoms with Gasteiger partial charge in [0.1, 0.15) is 5.70 Å². The van der Waals surface area contributed by atoms with Gasteiger partial charge in [-0.1, -0.05) is 23.8 Å². The van der Waals surface area contributed by atoms with E-state index in [0.717, 1.165) is 16.7 Å². The molecule has 0 aromatic heterocycles. The molecule has 0 radical (unpaired) electrons. The Bertz CT molecular complexity index is 1040. The Morgan fingerprint density at radius 1 is 1.03 bits per heavy atom. The molecule has 156 valence electrons. The molecule has 7 nitrogen and oxygen atoms in total. The summed E-state index contributed by atoms with van der Waals surface area (Å²) in [6.45, 7) is 4.88. The molecule has 2 aromatic rings. The maximum atomic E-state index is 13.3. The maximum Gasteiger partial charge on any atom is 0.278 e. The van der Waals surface area contributed by atoms with Crippen molar-refractivity contribution in [1.29, 1.82) is 0 Å². The van der Waals surface area contributed by atoms with E-state index in [0.29, 0.717) is 42.3 Å². The monoisotopic (exact) mass is 408 g/mol. The highest BCUT2D eigenvalue weighted by molar-refractivity contribution is 6.36. The second-order valence-corrected chi connectivity index (χ2v) is 7.37. The number of benzene rings is 2. The van der Waals surface area contributed by atoms with Gasteiger partial charge in [-0.3, -0.25) is 14.5 Å². The molecule has 4 rings (SSSR count). The van der Waals surface area contributed by atoms with Crippen molar-refractivity contribution in [2.24, 2.45) is 0 Å². The average molecular weight is 408 g/mol. The van der Waals surface area contributed by atoms with Gasteiger partial charge in [-0.25, -0.2) is 0 Å². The molecule has 7 heteroatoms. The SMILES string of the molecule is COCCCN1C(=O)C(Nc2ccc3c(c2)OCO3)=C(c2ccc(C)cc2C)C1=O. The lowest BCUT2D eigenvalue weighted by Crippen LogP contribution is -2.34. The summed E-state index contributed by atoms with van der Waals surface area (Å²) < 4.78 is 15.9. The predicted molar refractivity (Wildman–Crippen MR) is 112 cm³/mol. The van der Waals surface area contributed by atoms with Crippen LogP contribution in [0.15, 0.2) is 42.1 Å². The van der Waals surface area contributed by atoms with Crippen molar-refractivity contribution >= 4 is 23.1 Å². The molecule has 0 saturated heterocycles. The quantitative estimate of drug-likeness (QED) is 0.560. The van der Waals surface area contributed by atoms with Gasteiger partial charge in [0.15, 0.2) is 11.5 Å². The molecule has 2 aliphatic heterocycles. The zero-order chi connectivity index (χ0) is 21.3. The fourth-order valence-corrected chi connectivity index (χ4v) is 3.72. The molecule has 2 aliphatic rings. The van der Waals surface area contributed by atoms with Crippen molar-refractivity contribution in [3.05, 3.63) is 58.8 Å². The number of amides is 2. The second kappa shape index (κ2) is 8.20. The molecular weight excluding hydrogens is 384 g/mol. The first-order valence-electron chi connectivity index (χ1n) is 9.83. The molecule has 2 heterocycles. The van der Waals surface area contributed by atoms with Crippen LogP contribution < -0.4 is 14.8 Å². The number of anilines is 1. The van der Waals surface area contributed by atoms with Crippen molar-refractivity contribution in [3.63, 3.8) is 0 Å². The number of nitrogens with one attached hydrogen (secondary N) is 1. The first-order valence-corrected chi connectivity index (χ1v) is 9.83. The van der Waals surface area contributed by atoms with Crippen LogP contribution in [-0.2, 0) is 14.3 Å². The Kier molecular flexibility index (Phi) is 5.46. The minimum absolute atomic E-state index is 0.167. The van der Waals surface area contributed by atoms with Crippen molar-refractivity contribution in [2.45, 2.75) is 20.3 Å². The summed E-state index contributed by atoms with van der Waals surface area (Å²) in [4.78, 5) is 27.7. The summed E-state index contributed by atoms with van der Waals surface area (Å²) in [5.74, 6) is 0.608. The molecule has 0 unspecified atom stereocenters. The number of ether oxygens (including phenoxy) is 3. The summed E-state index contributed by atoms with van der Waals surface area (Å²) in [6, 6.07) is 11.2. The number of fused-ring (bicyclic) bond motifs is 1. The summed E-state index contributed by atoms with van der Waals surface area (Å²) >= 11 is 0. The lowest BCUT2D eigenvalue weighted by atomic mass is 9.97. The van der Waals surface area contributed by atoms with E-state index in [-0.39, 0.29) is 24.3 Å². The van der Waals surface area contributed by atoms with Gasteiger partial charge < -0.3 is 19.5 Å². The number of aryl methyl sites for hydroxylation is 2. The summed E-state index contributed by atoms with van der Waals surface area (Å²) in [6.07, 6.45) is 0.575. The number of hydrogen-bond acceptors (Lipinski definition) is 6. The molecule has 0 bridgehead atoms. The highest BCUT2D eigenvalue weighted by Gasteiger charge is 2.39. The lowest BCUT2D eigenvalue weighted by molar-refractivity contribution is -0.137. The predicted octanol–water partition coefficient (Wildman–Crippen LogP) is 3.26. The van der Waals surface area contributed by atoms with Crippen LogP contribution in [-0.4, -0.2) is 43.8 Å². The Morgan fingerprint density at radius 3 is 2.60 bits per heavy atom. The zero-order valence-corrected chi connectivity index (χ0v) is 17.3. The minimum atomic E-state index is -0.344. The number of carbonyl (C=O) groups is 2. The van der Waals surface area contributed by atoms with Gasteiger partial charge in [-0.05, 0) is 43.5 Å². The topological polar surface area (TPSA) is 77.1 Å². The second-order valence-electron chi connectivity index (χ2n) is 7.37. The fourth-order valence-electron chi connectivity index (χ4n) is 3.72. The Labute approximate surface area is 175 Å². The van der Waals surface area contributed by atoms with Gasteiger partial charge in [-0.2, -0.15) is 0 Å². The van der Waals surface area contributed by atoms with Crippen molar-refractivity contribution in [3.8, 4) is 11.5 Å². The van der Waals surface area contributed by atoms with Gasteiger partial charge in [0.2, 0.25) is 6.79 Å². The van der Waals surface area contributed by atoms with Crippen LogP contribution in [0.5, 0.6) is 11.5 Å². The number of hydrogen-bond donors (Lipinski definition) is 1. The van der Waals surface area contributed by atoms with Gasteiger partial charge in [0, 0.05) is 32.0 Å². The zero-order valence-electron chi connectivity index (χ0n) is 17.3. The number of carbonyl (C=O) groups excluding carboxylic acids is 2. The summed E-state index contributed by atoms with van der Waals surface area (Å²) in [5, 5.41) is 3.16. The number of methoxy groups -OCH3 is 1. The average Bonchev–Trinajstić information content (AvgIpc) is 3.27. The van der Waals surface area contributed by atoms with E-state index in [1.54, 1.807) is 25.3 Å². The van der Waals surface area contributed by atoms with E-state index < -0.39 is 0 Å². The van der Waals surface area contributed by atoms with Crippen LogP contribution in [0.3, 0.4) is 0 Å². The minimum Gasteiger partial charge on any atom is -0.454 e. The van der Waals surface area contributed by atoms with E-state index in [9.17, 15) is 9.59 Å². The third-order valence-corrected chi connectivity index (χ3v) is 5.19. The normalized spacial score (nSPS) is 15.4. The maximum absolute atomic E-state index is 13.3. The molecule has 0 fully saturated rings. The molecule has 30 heavy (non-hydrogen) atoms. The smallest absolute Gasteiger partial charge is 0.278 e. The molecule has 0 aliphatic carbocycles. The van der Waals surface area contributed by atoms with Gasteiger partial charge in [-0.15, -0.1) is 0 Å². The molecule has 0 saturated carbocycles. The molecule has 2 amide bonds. The molecule has 0 spiro atoms. The third kappa shape index (κ3) is 3.64. The van der Waals surface area contributed by atoms with Gasteiger partial charge in [0.25, 0.3) is 11.8 Å². The standard InChI is InChI=1S/C23H24N2O5/c1-14-5-7-17(15(2)11-14)20-21(23(27)25(22(20)26)9-4-10-28-3)24-16-6-8-18-19(12-16)30-13-29-18/h5-8,11-12,24H,4,9-10,13H2,1-3H3. The summed E-state index contributed by atoms with van der Waals surface area (Å²) in [5.41, 5.74) is 4.08. The van der Waals surface area contributed by atoms with Crippen LogP contribution >= 0.6 is 0 Å². The molecule has 2 aromatic carbocycles. The fraction of sp³-hybridized carbons (Fsp3) is 0.304. The van der Waals surface area contributed by atoms with E-state index in [1.165, 1.54) is 4.90 Å². The van der Waals surface area contributed by atoms with E-state index in [1.807, 2.05) is 32.0 Å². The first-order chi connectivity index (χ1) is 14.5. The number of imide groups is 1. The molecule has 0 atom stereocenters. The Balaban J connectivity index is 1.73. The van der Waals surface area contributed by atoms with Crippen LogP contribution in [0.1, 0.15) is 23.1 Å². The van der Waals surface area contributed by atoms with Crippen molar-refractivity contribution in [1.82, 2.24) is 4.90 Å².